The summed E-state index contributed by atoms with van der Waals surface area (Å²) >= 11 is 1.58. The van der Waals surface area contributed by atoms with E-state index in [0.717, 1.165) is 4.90 Å². The molecule has 2 aromatic rings. The number of halogens is 2. The number of nitrogens with two attached hydrogens (primary N) is 1. The molecule has 21 heavy (non-hydrogen) atoms. The fourth-order valence-corrected chi connectivity index (χ4v) is 2.37. The first-order valence-corrected chi connectivity index (χ1v) is 7.77. The summed E-state index contributed by atoms with van der Waals surface area (Å²) in [6, 6.07) is 9.40. The predicted octanol–water partition coefficient (Wildman–Crippen LogP) is 4.37. The van der Waals surface area contributed by atoms with Gasteiger partial charge in [-0.25, -0.2) is 8.78 Å². The number of rotatable bonds is 5. The summed E-state index contributed by atoms with van der Waals surface area (Å²) in [7, 11) is 0. The maximum Gasteiger partial charge on any atom is 0.198 e. The maximum absolute atomic E-state index is 14.0. The second kappa shape index (κ2) is 6.91. The Morgan fingerprint density at radius 2 is 1.71 bits per heavy atom. The highest BCUT2D eigenvalue weighted by molar-refractivity contribution is 7.98. The smallest absolute Gasteiger partial charge is 0.198 e. The summed E-state index contributed by atoms with van der Waals surface area (Å²) < 4.78 is 33.3. The number of hydrogen-bond acceptors (Lipinski definition) is 3. The Kier molecular flexibility index (Phi) is 5.20. The highest BCUT2D eigenvalue weighted by atomic mass is 32.2. The normalized spacial score (nSPS) is 12.2. The van der Waals surface area contributed by atoms with Crippen molar-refractivity contribution in [1.82, 2.24) is 0 Å². The van der Waals surface area contributed by atoms with Crippen LogP contribution in [0.25, 0.3) is 0 Å². The van der Waals surface area contributed by atoms with E-state index in [0.29, 0.717) is 17.7 Å². The molecule has 0 spiro atoms. The van der Waals surface area contributed by atoms with Crippen LogP contribution >= 0.6 is 11.8 Å². The molecule has 0 bridgehead atoms. The molecule has 2 N–H and O–H groups in total. The van der Waals surface area contributed by atoms with Crippen molar-refractivity contribution in [2.24, 2.45) is 5.73 Å². The molecule has 112 valence electrons. The van der Waals surface area contributed by atoms with E-state index in [1.54, 1.807) is 30.8 Å². The Bertz CT molecular complexity index is 591. The van der Waals surface area contributed by atoms with Crippen molar-refractivity contribution in [1.29, 1.82) is 0 Å². The molecule has 0 radical (unpaired) electrons. The van der Waals surface area contributed by atoms with Crippen molar-refractivity contribution in [3.63, 3.8) is 0 Å². The molecule has 2 rings (SSSR count). The third-order valence-electron chi connectivity index (χ3n) is 2.90. The van der Waals surface area contributed by atoms with E-state index in [2.05, 4.69) is 0 Å². The minimum absolute atomic E-state index is 0.158. The summed E-state index contributed by atoms with van der Waals surface area (Å²) in [6.45, 7) is 1.79. The second-order valence-electron chi connectivity index (χ2n) is 4.85. The highest BCUT2D eigenvalue weighted by Gasteiger charge is 2.14. The van der Waals surface area contributed by atoms with E-state index in [9.17, 15) is 8.78 Å². The van der Waals surface area contributed by atoms with Crippen LogP contribution in [0.5, 0.6) is 11.5 Å². The summed E-state index contributed by atoms with van der Waals surface area (Å²) in [5, 5.41) is 0. The first-order valence-electron chi connectivity index (χ1n) is 6.55. The zero-order chi connectivity index (χ0) is 15.4. The topological polar surface area (TPSA) is 35.2 Å². The molecule has 0 saturated carbocycles. The first kappa shape index (κ1) is 15.8. The lowest BCUT2D eigenvalue weighted by Gasteiger charge is -2.11. The Hall–Kier alpha value is -1.59. The van der Waals surface area contributed by atoms with Crippen LogP contribution in [0, 0.1) is 11.6 Å². The van der Waals surface area contributed by atoms with Crippen LogP contribution in [0.2, 0.25) is 0 Å². The van der Waals surface area contributed by atoms with Crippen molar-refractivity contribution in [3.05, 3.63) is 53.6 Å². The Balaban J connectivity index is 2.23. The lowest BCUT2D eigenvalue weighted by molar-refractivity contribution is 0.406. The van der Waals surface area contributed by atoms with Gasteiger partial charge in [0.15, 0.2) is 17.4 Å². The van der Waals surface area contributed by atoms with Crippen LogP contribution in [-0.4, -0.2) is 12.3 Å². The van der Waals surface area contributed by atoms with E-state index in [-0.39, 0.29) is 11.8 Å². The van der Waals surface area contributed by atoms with Gasteiger partial charge in [0.1, 0.15) is 5.75 Å². The van der Waals surface area contributed by atoms with Crippen LogP contribution in [-0.2, 0) is 6.42 Å². The number of ether oxygens (including phenoxy) is 1. The Morgan fingerprint density at radius 3 is 2.19 bits per heavy atom. The molecular weight excluding hydrogens is 292 g/mol. The molecular formula is C16H17F2NOS. The number of thioether (sulfide) groups is 1. The van der Waals surface area contributed by atoms with Crippen LogP contribution in [0.3, 0.4) is 0 Å². The van der Waals surface area contributed by atoms with E-state index in [4.69, 9.17) is 10.5 Å². The Morgan fingerprint density at radius 1 is 1.14 bits per heavy atom. The maximum atomic E-state index is 14.0. The lowest BCUT2D eigenvalue weighted by Crippen LogP contribution is -2.18. The minimum atomic E-state index is -0.723. The molecule has 0 fully saturated rings. The van der Waals surface area contributed by atoms with Crippen LogP contribution in [0.15, 0.2) is 41.3 Å². The van der Waals surface area contributed by atoms with Crippen LogP contribution in [0.1, 0.15) is 12.5 Å². The average molecular weight is 309 g/mol. The summed E-state index contributed by atoms with van der Waals surface area (Å²) in [6.07, 6.45) is 2.36. The van der Waals surface area contributed by atoms with Gasteiger partial charge in [0.25, 0.3) is 0 Å². The van der Waals surface area contributed by atoms with Crippen molar-refractivity contribution < 1.29 is 13.5 Å². The van der Waals surface area contributed by atoms with Crippen LogP contribution in [0.4, 0.5) is 8.78 Å². The molecule has 1 unspecified atom stereocenters. The Labute approximate surface area is 127 Å². The van der Waals surface area contributed by atoms with Gasteiger partial charge in [0.2, 0.25) is 0 Å². The van der Waals surface area contributed by atoms with Gasteiger partial charge in [0.05, 0.1) is 0 Å². The molecule has 0 heterocycles. The van der Waals surface area contributed by atoms with E-state index in [1.807, 2.05) is 18.4 Å². The van der Waals surface area contributed by atoms with Crippen molar-refractivity contribution >= 4 is 11.8 Å². The highest BCUT2D eigenvalue weighted by Crippen LogP contribution is 2.30. The fourth-order valence-electron chi connectivity index (χ4n) is 1.96. The van der Waals surface area contributed by atoms with Crippen molar-refractivity contribution in [2.75, 3.05) is 6.26 Å². The average Bonchev–Trinajstić information content (AvgIpc) is 2.43. The molecule has 0 saturated heterocycles. The quantitative estimate of drug-likeness (QED) is 0.833. The standard InChI is InChI=1S/C16H17F2NOS/c1-10(19)7-11-8-14(17)16(15(18)9-11)20-12-3-5-13(21-2)6-4-12/h3-6,8-10H,7,19H2,1-2H3. The third kappa shape index (κ3) is 4.19. The van der Waals surface area contributed by atoms with Gasteiger partial charge >= 0.3 is 0 Å². The van der Waals surface area contributed by atoms with Gasteiger partial charge in [-0.15, -0.1) is 11.8 Å². The molecule has 2 nitrogen and oxygen atoms in total. The lowest BCUT2D eigenvalue weighted by atomic mass is 10.1. The SMILES string of the molecule is CSc1ccc(Oc2c(F)cc(CC(C)N)cc2F)cc1. The molecule has 1 atom stereocenters. The molecule has 5 heteroatoms. The van der Waals surface area contributed by atoms with E-state index in [1.165, 1.54) is 12.1 Å². The zero-order valence-corrected chi connectivity index (χ0v) is 12.7. The summed E-state index contributed by atoms with van der Waals surface area (Å²) in [4.78, 5) is 1.05. The van der Waals surface area contributed by atoms with E-state index >= 15 is 0 Å². The molecule has 0 aromatic heterocycles. The van der Waals surface area contributed by atoms with Gasteiger partial charge in [-0.2, -0.15) is 0 Å². The van der Waals surface area contributed by atoms with E-state index < -0.39 is 11.6 Å². The van der Waals surface area contributed by atoms with Gasteiger partial charge in [0, 0.05) is 10.9 Å². The van der Waals surface area contributed by atoms with Crippen molar-refractivity contribution in [3.8, 4) is 11.5 Å². The minimum Gasteiger partial charge on any atom is -0.451 e. The van der Waals surface area contributed by atoms with Gasteiger partial charge in [-0.05, 0) is 61.6 Å². The predicted molar refractivity (Wildman–Crippen MR) is 82.0 cm³/mol. The molecule has 0 aliphatic rings. The van der Waals surface area contributed by atoms with Gasteiger partial charge < -0.3 is 10.5 Å². The van der Waals surface area contributed by atoms with Crippen LogP contribution < -0.4 is 10.5 Å². The number of benzene rings is 2. The fraction of sp³-hybridized carbons (Fsp3) is 0.250. The van der Waals surface area contributed by atoms with Gasteiger partial charge in [-0.1, -0.05) is 0 Å². The largest absolute Gasteiger partial charge is 0.451 e. The third-order valence-corrected chi connectivity index (χ3v) is 3.64. The monoisotopic (exact) mass is 309 g/mol. The molecule has 0 amide bonds. The molecule has 0 aliphatic heterocycles. The zero-order valence-electron chi connectivity index (χ0n) is 11.9. The van der Waals surface area contributed by atoms with Crippen molar-refractivity contribution in [2.45, 2.75) is 24.3 Å². The summed E-state index contributed by atoms with van der Waals surface area (Å²) in [5.74, 6) is -1.44. The molecule has 2 aromatic carbocycles. The second-order valence-corrected chi connectivity index (χ2v) is 5.73. The number of hydrogen-bond donors (Lipinski definition) is 1. The summed E-state index contributed by atoms with van der Waals surface area (Å²) in [5.41, 5.74) is 6.15. The van der Waals surface area contributed by atoms with Gasteiger partial charge in [-0.3, -0.25) is 0 Å². The molecule has 0 aliphatic carbocycles. The first-order chi connectivity index (χ1) is 9.99.